The molecule has 2 aromatic carbocycles. The van der Waals surface area contributed by atoms with Crippen LogP contribution in [0.4, 0.5) is 5.69 Å². The number of benzene rings is 2. The molecule has 4 rings (SSSR count). The summed E-state index contributed by atoms with van der Waals surface area (Å²) in [6.45, 7) is 17.9. The molecule has 2 aromatic rings. The number of aromatic hydroxyl groups is 1. The number of rotatable bonds is 9. The second kappa shape index (κ2) is 16.4. The number of hydrogen-bond acceptors (Lipinski definition) is 8. The molecule has 0 amide bonds. The molecule has 0 atom stereocenters. The maximum absolute atomic E-state index is 12.8. The fourth-order valence-corrected chi connectivity index (χ4v) is 6.12. The molecule has 0 spiro atoms. The van der Waals surface area contributed by atoms with Crippen molar-refractivity contribution in [2.75, 3.05) is 63.9 Å². The second-order valence-corrected chi connectivity index (χ2v) is 10.8. The lowest BCUT2D eigenvalue weighted by atomic mass is 10.1. The highest BCUT2D eigenvalue weighted by Gasteiger charge is 2.35. The number of phenols is 1. The Kier molecular flexibility index (Phi) is 13.6. The fraction of sp³-hybridized carbons (Fsp3) is 0.483. The number of sulfonamides is 1. The SMILES string of the molecule is C=C.CCOC(C)OCC.O=C1CN(CCCN2CCN(c3ccc(O)cc3)CC2)S(=O)(=O)c2ccccc21. The van der Waals surface area contributed by atoms with E-state index in [1.165, 1.54) is 10.4 Å². The van der Waals surface area contributed by atoms with Gasteiger partial charge >= 0.3 is 0 Å². The topological polar surface area (TPSA) is 99.6 Å². The van der Waals surface area contributed by atoms with Crippen LogP contribution in [0.5, 0.6) is 5.75 Å². The molecule has 9 nitrogen and oxygen atoms in total. The Morgan fingerprint density at radius 3 is 2.10 bits per heavy atom. The lowest BCUT2D eigenvalue weighted by Gasteiger charge is -2.36. The van der Waals surface area contributed by atoms with Crippen LogP contribution in [-0.2, 0) is 19.5 Å². The molecule has 2 aliphatic heterocycles. The number of ether oxygens (including phenoxy) is 2. The smallest absolute Gasteiger partial charge is 0.244 e. The predicted octanol–water partition coefficient (Wildman–Crippen LogP) is 4.00. The molecule has 1 fully saturated rings. The van der Waals surface area contributed by atoms with Gasteiger partial charge in [-0.05, 0) is 70.1 Å². The predicted molar refractivity (Wildman–Crippen MR) is 155 cm³/mol. The largest absolute Gasteiger partial charge is 0.508 e. The van der Waals surface area contributed by atoms with Crippen LogP contribution >= 0.6 is 0 Å². The van der Waals surface area contributed by atoms with Crippen LogP contribution in [0.2, 0.25) is 0 Å². The molecule has 0 aliphatic carbocycles. The summed E-state index contributed by atoms with van der Waals surface area (Å²) < 4.78 is 37.0. The van der Waals surface area contributed by atoms with Crippen LogP contribution in [-0.4, -0.2) is 93.8 Å². The van der Waals surface area contributed by atoms with Crippen molar-refractivity contribution in [2.45, 2.75) is 38.4 Å². The molecule has 0 radical (unpaired) electrons. The molecule has 2 aliphatic rings. The minimum atomic E-state index is -3.60. The Labute approximate surface area is 233 Å². The highest BCUT2D eigenvalue weighted by atomic mass is 32.2. The maximum Gasteiger partial charge on any atom is 0.244 e. The zero-order valence-corrected chi connectivity index (χ0v) is 24.2. The first kappa shape index (κ1) is 32.5. The molecule has 0 aromatic heterocycles. The van der Waals surface area contributed by atoms with E-state index in [4.69, 9.17) is 9.47 Å². The van der Waals surface area contributed by atoms with Crippen molar-refractivity contribution in [1.29, 1.82) is 0 Å². The van der Waals surface area contributed by atoms with Gasteiger partial charge in [-0.15, -0.1) is 13.2 Å². The minimum Gasteiger partial charge on any atom is -0.508 e. The van der Waals surface area contributed by atoms with Crippen LogP contribution in [0.3, 0.4) is 0 Å². The van der Waals surface area contributed by atoms with Crippen molar-refractivity contribution < 1.29 is 27.8 Å². The Morgan fingerprint density at radius 1 is 0.923 bits per heavy atom. The number of ketones is 1. The summed E-state index contributed by atoms with van der Waals surface area (Å²) >= 11 is 0. The number of carbonyl (C=O) groups is 1. The van der Waals surface area contributed by atoms with E-state index in [1.807, 2.05) is 32.9 Å². The van der Waals surface area contributed by atoms with E-state index in [9.17, 15) is 18.3 Å². The van der Waals surface area contributed by atoms with Crippen LogP contribution in [0.15, 0.2) is 66.6 Å². The van der Waals surface area contributed by atoms with E-state index < -0.39 is 10.0 Å². The van der Waals surface area contributed by atoms with E-state index in [1.54, 1.807) is 30.3 Å². The number of carbonyl (C=O) groups excluding carboxylic acids is 1. The van der Waals surface area contributed by atoms with Gasteiger partial charge < -0.3 is 19.5 Å². The molecule has 0 bridgehead atoms. The lowest BCUT2D eigenvalue weighted by molar-refractivity contribution is -0.123. The van der Waals surface area contributed by atoms with Gasteiger partial charge in [-0.1, -0.05) is 12.1 Å². The Morgan fingerprint density at radius 2 is 1.51 bits per heavy atom. The van der Waals surface area contributed by atoms with Crippen molar-refractivity contribution in [1.82, 2.24) is 9.21 Å². The van der Waals surface area contributed by atoms with Crippen molar-refractivity contribution >= 4 is 21.5 Å². The van der Waals surface area contributed by atoms with Gasteiger partial charge in [0.05, 0.1) is 11.4 Å². The first-order valence-electron chi connectivity index (χ1n) is 13.4. The van der Waals surface area contributed by atoms with Gasteiger partial charge in [-0.3, -0.25) is 9.69 Å². The summed E-state index contributed by atoms with van der Waals surface area (Å²) in [7, 11) is -3.60. The van der Waals surface area contributed by atoms with Crippen LogP contribution in [0.25, 0.3) is 0 Å². The van der Waals surface area contributed by atoms with Crippen molar-refractivity contribution in [3.05, 3.63) is 67.3 Å². The monoisotopic (exact) mass is 561 g/mol. The average molecular weight is 562 g/mol. The molecule has 1 N–H and O–H groups in total. The summed E-state index contributed by atoms with van der Waals surface area (Å²) in [5.74, 6) is 0.124. The van der Waals surface area contributed by atoms with Gasteiger partial charge in [-0.25, -0.2) is 8.42 Å². The first-order chi connectivity index (χ1) is 18.8. The second-order valence-electron chi connectivity index (χ2n) is 8.93. The summed E-state index contributed by atoms with van der Waals surface area (Å²) in [6.07, 6.45) is 0.651. The van der Waals surface area contributed by atoms with E-state index in [-0.39, 0.29) is 29.3 Å². The summed E-state index contributed by atoms with van der Waals surface area (Å²) in [5.41, 5.74) is 1.40. The van der Waals surface area contributed by atoms with Crippen molar-refractivity contribution in [3.63, 3.8) is 0 Å². The van der Waals surface area contributed by atoms with Crippen LogP contribution in [0.1, 0.15) is 37.6 Å². The molecule has 0 unspecified atom stereocenters. The molecule has 216 valence electrons. The zero-order valence-electron chi connectivity index (χ0n) is 23.4. The maximum atomic E-state index is 12.8. The third-order valence-electron chi connectivity index (χ3n) is 6.40. The number of nitrogens with zero attached hydrogens (tertiary/aromatic N) is 3. The van der Waals surface area contributed by atoms with E-state index in [0.717, 1.165) is 51.6 Å². The van der Waals surface area contributed by atoms with Gasteiger partial charge in [0.2, 0.25) is 10.0 Å². The number of Topliss-reactive ketones (excluding diaryl/α,β-unsaturated/α-hetero) is 1. The Hall–Kier alpha value is -2.76. The van der Waals surface area contributed by atoms with E-state index in [0.29, 0.717) is 18.5 Å². The molecule has 0 saturated carbocycles. The Balaban J connectivity index is 0.000000460. The highest BCUT2D eigenvalue weighted by molar-refractivity contribution is 7.89. The molecule has 39 heavy (non-hydrogen) atoms. The highest BCUT2D eigenvalue weighted by Crippen LogP contribution is 2.26. The number of anilines is 1. The molecular formula is C29H43N3O6S. The summed E-state index contributed by atoms with van der Waals surface area (Å²) in [4.78, 5) is 17.0. The van der Waals surface area contributed by atoms with Gasteiger partial charge in [0.15, 0.2) is 12.1 Å². The first-order valence-corrected chi connectivity index (χ1v) is 14.8. The minimum absolute atomic E-state index is 0.0370. The third-order valence-corrected chi connectivity index (χ3v) is 8.30. The standard InChI is InChI=1S/C21H25N3O4S.C6H14O2.C2H4/c25-18-8-6-17(7-9-18)23-14-12-22(13-15-23)10-3-11-24-16-20(26)19-4-1-2-5-21(19)29(24,27)28;1-4-7-6(3)8-5-2;1-2/h1-2,4-9,25H,3,10-16H2;6H,4-5H2,1-3H3;1-2H2. The number of piperazine rings is 1. The number of phenolic OH excluding ortho intramolecular Hbond substituents is 1. The molecule has 2 heterocycles. The normalized spacial score (nSPS) is 17.0. The van der Waals surface area contributed by atoms with Crippen molar-refractivity contribution in [2.24, 2.45) is 0 Å². The van der Waals surface area contributed by atoms with Crippen LogP contribution < -0.4 is 4.90 Å². The van der Waals surface area contributed by atoms with Crippen LogP contribution in [0, 0.1) is 0 Å². The number of hydrogen-bond donors (Lipinski definition) is 1. The quantitative estimate of drug-likeness (QED) is 0.362. The number of fused-ring (bicyclic) bond motifs is 1. The van der Waals surface area contributed by atoms with E-state index >= 15 is 0 Å². The third kappa shape index (κ3) is 9.44. The zero-order chi connectivity index (χ0) is 28.8. The summed E-state index contributed by atoms with van der Waals surface area (Å²) in [5, 5.41) is 9.41. The molecule has 1 saturated heterocycles. The van der Waals surface area contributed by atoms with Gasteiger partial charge in [-0.2, -0.15) is 4.31 Å². The van der Waals surface area contributed by atoms with Gasteiger partial charge in [0, 0.05) is 57.2 Å². The van der Waals surface area contributed by atoms with Gasteiger partial charge in [0.1, 0.15) is 5.75 Å². The fourth-order valence-electron chi connectivity index (χ4n) is 4.47. The average Bonchev–Trinajstić information content (AvgIpc) is 2.94. The van der Waals surface area contributed by atoms with Crippen molar-refractivity contribution in [3.8, 4) is 5.75 Å². The molecular weight excluding hydrogens is 518 g/mol. The Bertz CT molecular complexity index is 1110. The summed E-state index contributed by atoms with van der Waals surface area (Å²) in [6, 6.07) is 13.7. The lowest BCUT2D eigenvalue weighted by Crippen LogP contribution is -2.47. The molecule has 10 heteroatoms. The van der Waals surface area contributed by atoms with E-state index in [2.05, 4.69) is 23.0 Å². The van der Waals surface area contributed by atoms with Gasteiger partial charge in [0.25, 0.3) is 0 Å².